The molecule has 3 N–H and O–H groups in total. The van der Waals surface area contributed by atoms with E-state index < -0.39 is 16.1 Å². The van der Waals surface area contributed by atoms with Crippen LogP contribution in [0.15, 0.2) is 60.9 Å². The van der Waals surface area contributed by atoms with Gasteiger partial charge in [-0.1, -0.05) is 24.3 Å². The van der Waals surface area contributed by atoms with Crippen molar-refractivity contribution in [2.75, 3.05) is 36.0 Å². The molecule has 5 rings (SSSR count). The molecule has 2 aromatic carbocycles. The maximum Gasteiger partial charge on any atom is 0.235 e. The molecule has 2 aromatic heterocycles. The third kappa shape index (κ3) is 6.49. The van der Waals surface area contributed by atoms with Crippen molar-refractivity contribution in [2.45, 2.75) is 38.8 Å². The molecule has 0 amide bonds. The second-order valence-electron chi connectivity index (χ2n) is 9.95. The Morgan fingerprint density at radius 3 is 2.75 bits per heavy atom. The number of sulfonamides is 1. The highest BCUT2D eigenvalue weighted by molar-refractivity contribution is 7.92. The molecule has 1 unspecified atom stereocenters. The fraction of sp³-hybridized carbons (Fsp3) is 0.345. The maximum absolute atomic E-state index is 12.8. The summed E-state index contributed by atoms with van der Waals surface area (Å²) in [5.41, 5.74) is 2.75. The number of ether oxygens (including phenoxy) is 2. The van der Waals surface area contributed by atoms with Gasteiger partial charge in [-0.2, -0.15) is 0 Å². The number of piperidine rings is 1. The maximum atomic E-state index is 12.8. The SMILES string of the molecule is COC(C)CS(=O)(=O)Nc1cccc2c(Oc3ncccc3-c3ccnc(N[C@H]4CCCNC4)n3)c(C)ccc12. The van der Waals surface area contributed by atoms with E-state index in [4.69, 9.17) is 14.5 Å². The van der Waals surface area contributed by atoms with Crippen molar-refractivity contribution >= 4 is 32.4 Å². The quantitative estimate of drug-likeness (QED) is 0.251. The average Bonchev–Trinajstić information content (AvgIpc) is 2.95. The molecule has 1 aliphatic rings. The monoisotopic (exact) mass is 562 g/mol. The fourth-order valence-corrected chi connectivity index (χ4v) is 6.10. The number of fused-ring (bicyclic) bond motifs is 1. The Balaban J connectivity index is 1.47. The van der Waals surface area contributed by atoms with Crippen molar-refractivity contribution in [3.63, 3.8) is 0 Å². The van der Waals surface area contributed by atoms with Crippen LogP contribution < -0.4 is 20.1 Å². The Morgan fingerprint density at radius 2 is 1.95 bits per heavy atom. The van der Waals surface area contributed by atoms with E-state index in [2.05, 4.69) is 25.3 Å². The summed E-state index contributed by atoms with van der Waals surface area (Å²) in [5.74, 6) is 1.38. The minimum absolute atomic E-state index is 0.153. The zero-order valence-corrected chi connectivity index (χ0v) is 23.7. The van der Waals surface area contributed by atoms with E-state index in [1.54, 1.807) is 31.5 Å². The van der Waals surface area contributed by atoms with Crippen molar-refractivity contribution in [1.82, 2.24) is 20.3 Å². The predicted octanol–water partition coefficient (Wildman–Crippen LogP) is 4.73. The van der Waals surface area contributed by atoms with Crippen LogP contribution in [0.1, 0.15) is 25.3 Å². The van der Waals surface area contributed by atoms with Crippen LogP contribution in [-0.2, 0) is 14.8 Å². The van der Waals surface area contributed by atoms with Crippen LogP contribution in [0.4, 0.5) is 11.6 Å². The van der Waals surface area contributed by atoms with E-state index >= 15 is 0 Å². The van der Waals surface area contributed by atoms with Crippen LogP contribution in [0.3, 0.4) is 0 Å². The number of aryl methyl sites for hydroxylation is 1. The van der Waals surface area contributed by atoms with Crippen molar-refractivity contribution < 1.29 is 17.9 Å². The Hall–Kier alpha value is -3.80. The highest BCUT2D eigenvalue weighted by Crippen LogP contribution is 2.38. The third-order valence-corrected chi connectivity index (χ3v) is 8.30. The summed E-state index contributed by atoms with van der Waals surface area (Å²) in [4.78, 5) is 13.7. The molecular formula is C29H34N6O4S. The highest BCUT2D eigenvalue weighted by Gasteiger charge is 2.20. The molecule has 1 aliphatic heterocycles. The van der Waals surface area contributed by atoms with Gasteiger partial charge in [0.15, 0.2) is 0 Å². The molecule has 0 spiro atoms. The second-order valence-corrected chi connectivity index (χ2v) is 11.7. The predicted molar refractivity (Wildman–Crippen MR) is 157 cm³/mol. The van der Waals surface area contributed by atoms with Crippen LogP contribution in [0.5, 0.6) is 11.6 Å². The lowest BCUT2D eigenvalue weighted by atomic mass is 10.0. The Labute approximate surface area is 234 Å². The number of anilines is 2. The van der Waals surface area contributed by atoms with Crippen LogP contribution in [0.2, 0.25) is 0 Å². The van der Waals surface area contributed by atoms with Gasteiger partial charge in [0.1, 0.15) is 5.75 Å². The topological polar surface area (TPSA) is 127 Å². The Kier molecular flexibility index (Phi) is 8.43. The number of benzene rings is 2. The molecule has 11 heteroatoms. The first kappa shape index (κ1) is 27.8. The lowest BCUT2D eigenvalue weighted by Crippen LogP contribution is -2.38. The van der Waals surface area contributed by atoms with E-state index in [-0.39, 0.29) is 11.8 Å². The Bertz CT molecular complexity index is 1590. The zero-order valence-electron chi connectivity index (χ0n) is 22.8. The number of hydrogen-bond donors (Lipinski definition) is 3. The molecule has 210 valence electrons. The van der Waals surface area contributed by atoms with E-state index in [1.165, 1.54) is 7.11 Å². The minimum Gasteiger partial charge on any atom is -0.437 e. The van der Waals surface area contributed by atoms with Gasteiger partial charge in [-0.25, -0.2) is 23.4 Å². The average molecular weight is 563 g/mol. The molecule has 0 saturated carbocycles. The van der Waals surface area contributed by atoms with Crippen molar-refractivity contribution in [3.8, 4) is 22.9 Å². The molecule has 3 heterocycles. The first-order chi connectivity index (χ1) is 19.3. The van der Waals surface area contributed by atoms with Gasteiger partial charge in [-0.05, 0) is 63.1 Å². The molecule has 2 atom stereocenters. The van der Waals surface area contributed by atoms with Gasteiger partial charge in [0, 0.05) is 42.9 Å². The molecule has 0 radical (unpaired) electrons. The number of pyridine rings is 1. The standard InChI is InChI=1S/C29H34N6O4S/c1-19-11-12-22-23(8-4-10-26(22)35-40(36,37)18-20(2)38-3)27(19)39-28-24(9-6-15-31-28)25-13-16-32-29(34-25)33-21-7-5-14-30-17-21/h4,6,8-13,15-16,20-21,30,35H,5,7,14,17-18H2,1-3H3,(H,32,33,34)/t20?,21-/m0/s1. The number of rotatable bonds is 10. The summed E-state index contributed by atoms with van der Waals surface area (Å²) in [5, 5.41) is 8.28. The molecule has 10 nitrogen and oxygen atoms in total. The van der Waals surface area contributed by atoms with E-state index in [0.29, 0.717) is 34.3 Å². The molecule has 0 bridgehead atoms. The van der Waals surface area contributed by atoms with Crippen LogP contribution in [-0.4, -0.2) is 61.5 Å². The summed E-state index contributed by atoms with van der Waals surface area (Å²) < 4.78 is 39.8. The van der Waals surface area contributed by atoms with Crippen molar-refractivity contribution in [3.05, 3.63) is 66.5 Å². The molecule has 4 aromatic rings. The summed E-state index contributed by atoms with van der Waals surface area (Å²) >= 11 is 0. The van der Waals surface area contributed by atoms with Crippen LogP contribution in [0, 0.1) is 6.92 Å². The van der Waals surface area contributed by atoms with E-state index in [1.807, 2.05) is 43.3 Å². The smallest absolute Gasteiger partial charge is 0.235 e. The molecule has 1 fully saturated rings. The van der Waals surface area contributed by atoms with Gasteiger partial charge < -0.3 is 20.1 Å². The molecule has 0 aliphatic carbocycles. The van der Waals surface area contributed by atoms with E-state index in [0.717, 1.165) is 42.4 Å². The largest absolute Gasteiger partial charge is 0.437 e. The van der Waals surface area contributed by atoms with Gasteiger partial charge >= 0.3 is 0 Å². The Morgan fingerprint density at radius 1 is 1.07 bits per heavy atom. The van der Waals surface area contributed by atoms with Crippen LogP contribution >= 0.6 is 0 Å². The van der Waals surface area contributed by atoms with Crippen molar-refractivity contribution in [2.24, 2.45) is 0 Å². The van der Waals surface area contributed by atoms with Gasteiger partial charge in [0.2, 0.25) is 21.9 Å². The zero-order chi connectivity index (χ0) is 28.1. The first-order valence-electron chi connectivity index (χ1n) is 13.3. The number of hydrogen-bond acceptors (Lipinski definition) is 9. The van der Waals surface area contributed by atoms with Gasteiger partial charge in [0.05, 0.1) is 28.8 Å². The number of nitrogens with zero attached hydrogens (tertiary/aromatic N) is 3. The number of aromatic nitrogens is 3. The fourth-order valence-electron chi connectivity index (χ4n) is 4.75. The lowest BCUT2D eigenvalue weighted by Gasteiger charge is -2.23. The van der Waals surface area contributed by atoms with Crippen LogP contribution in [0.25, 0.3) is 22.0 Å². The third-order valence-electron chi connectivity index (χ3n) is 6.86. The molecule has 40 heavy (non-hydrogen) atoms. The van der Waals surface area contributed by atoms with E-state index in [9.17, 15) is 8.42 Å². The second kappa shape index (κ2) is 12.2. The lowest BCUT2D eigenvalue weighted by molar-refractivity contribution is 0.136. The molecule has 1 saturated heterocycles. The number of nitrogens with one attached hydrogen (secondary N) is 3. The summed E-state index contributed by atoms with van der Waals surface area (Å²) in [7, 11) is -2.14. The molecular weight excluding hydrogens is 528 g/mol. The van der Waals surface area contributed by atoms with Gasteiger partial charge in [-0.3, -0.25) is 4.72 Å². The van der Waals surface area contributed by atoms with Gasteiger partial charge in [0.25, 0.3) is 0 Å². The number of methoxy groups -OCH3 is 1. The normalized spacial score (nSPS) is 16.4. The summed E-state index contributed by atoms with van der Waals surface area (Å²) in [6.45, 7) is 5.56. The summed E-state index contributed by atoms with van der Waals surface area (Å²) in [6.07, 6.45) is 5.13. The van der Waals surface area contributed by atoms with Crippen molar-refractivity contribution in [1.29, 1.82) is 0 Å². The van der Waals surface area contributed by atoms with Gasteiger partial charge in [-0.15, -0.1) is 0 Å². The minimum atomic E-state index is -3.63. The highest BCUT2D eigenvalue weighted by atomic mass is 32.2. The first-order valence-corrected chi connectivity index (χ1v) is 15.0. The summed E-state index contributed by atoms with van der Waals surface area (Å²) in [6, 6.07) is 15.1.